The van der Waals surface area contributed by atoms with E-state index >= 15 is 0 Å². The number of rotatable bonds is 28. The Labute approximate surface area is 227 Å². The third kappa shape index (κ3) is 21.1. The van der Waals surface area contributed by atoms with Crippen LogP contribution in [0, 0.1) is 0 Å². The number of carbonyl (C=O) groups excluding carboxylic acids is 3. The van der Waals surface area contributed by atoms with Crippen LogP contribution in [0.3, 0.4) is 0 Å². The first-order valence-corrected chi connectivity index (χ1v) is 12.6. The van der Waals surface area contributed by atoms with Gasteiger partial charge >= 0.3 is 5.97 Å². The molecule has 0 aromatic rings. The highest BCUT2D eigenvalue weighted by Gasteiger charge is 2.22. The molecule has 1 heterocycles. The Hall–Kier alpha value is -2.50. The lowest BCUT2D eigenvalue weighted by Crippen LogP contribution is -2.33. The second kappa shape index (κ2) is 24.5. The molecule has 0 saturated carbocycles. The summed E-state index contributed by atoms with van der Waals surface area (Å²) >= 11 is 0. The van der Waals surface area contributed by atoms with Gasteiger partial charge in [0.1, 0.15) is 13.2 Å². The number of ether oxygens (including phenoxy) is 8. The fourth-order valence-corrected chi connectivity index (χ4v) is 2.77. The summed E-state index contributed by atoms with van der Waals surface area (Å²) in [6.07, 6.45) is 2.49. The highest BCUT2D eigenvalue weighted by molar-refractivity contribution is 6.12. The van der Waals surface area contributed by atoms with Gasteiger partial charge in [-0.3, -0.25) is 19.3 Å². The topological polar surface area (TPSA) is 178 Å². The largest absolute Gasteiger partial charge is 0.480 e. The predicted octanol–water partition coefficient (Wildman–Crippen LogP) is -1.75. The Morgan fingerprint density at radius 2 is 0.974 bits per heavy atom. The van der Waals surface area contributed by atoms with Crippen molar-refractivity contribution in [2.75, 3.05) is 119 Å². The van der Waals surface area contributed by atoms with Gasteiger partial charge in [0, 0.05) is 18.7 Å². The molecule has 1 aliphatic heterocycles. The van der Waals surface area contributed by atoms with Gasteiger partial charge in [0.25, 0.3) is 11.8 Å². The molecule has 0 aromatic carbocycles. The number of carboxylic acid groups (broad SMARTS) is 1. The standard InChI is InChI=1S/C24H40N2O13/c27-21(19-39-20-24(30)31)25-3-5-32-7-9-34-11-13-36-15-17-38-18-16-37-14-12-35-10-8-33-6-4-26-22(28)1-2-23(26)29/h1-2H,3-20H2,(H,25,27)(H,30,31). The maximum absolute atomic E-state index is 11.4. The normalized spacial score (nSPS) is 13.0. The number of aliphatic carboxylic acids is 1. The molecule has 0 aliphatic carbocycles. The van der Waals surface area contributed by atoms with Crippen molar-refractivity contribution in [2.24, 2.45) is 0 Å². The van der Waals surface area contributed by atoms with Gasteiger partial charge in [0.15, 0.2) is 0 Å². The minimum absolute atomic E-state index is 0.228. The smallest absolute Gasteiger partial charge is 0.329 e. The minimum atomic E-state index is -1.13. The first-order valence-electron chi connectivity index (χ1n) is 12.6. The summed E-state index contributed by atoms with van der Waals surface area (Å²) in [5, 5.41) is 10.9. The molecule has 0 unspecified atom stereocenters. The second-order valence-electron chi connectivity index (χ2n) is 7.68. The molecule has 1 rings (SSSR count). The van der Waals surface area contributed by atoms with E-state index in [0.29, 0.717) is 92.4 Å². The van der Waals surface area contributed by atoms with Gasteiger partial charge in [0.2, 0.25) is 5.91 Å². The summed E-state index contributed by atoms with van der Waals surface area (Å²) in [6.45, 7) is 5.27. The number of hydrogen-bond donors (Lipinski definition) is 2. The van der Waals surface area contributed by atoms with Crippen LogP contribution in [0.15, 0.2) is 12.2 Å². The van der Waals surface area contributed by atoms with E-state index in [9.17, 15) is 19.2 Å². The molecule has 0 aromatic heterocycles. The van der Waals surface area contributed by atoms with Crippen LogP contribution in [-0.4, -0.2) is 152 Å². The highest BCUT2D eigenvalue weighted by Crippen LogP contribution is 2.02. The van der Waals surface area contributed by atoms with Crippen molar-refractivity contribution in [3.63, 3.8) is 0 Å². The van der Waals surface area contributed by atoms with Gasteiger partial charge in [0.05, 0.1) is 99.0 Å². The van der Waals surface area contributed by atoms with E-state index in [1.54, 1.807) is 0 Å². The summed E-state index contributed by atoms with van der Waals surface area (Å²) in [5.41, 5.74) is 0. The fraction of sp³-hybridized carbons (Fsp3) is 0.750. The maximum Gasteiger partial charge on any atom is 0.329 e. The van der Waals surface area contributed by atoms with Crippen LogP contribution in [-0.2, 0) is 57.1 Å². The number of imide groups is 1. The molecule has 0 saturated heterocycles. The first-order chi connectivity index (χ1) is 19.0. The number of nitrogens with one attached hydrogen (secondary N) is 1. The molecule has 0 radical (unpaired) electrons. The Kier molecular flexibility index (Phi) is 21.7. The molecule has 15 heteroatoms. The van der Waals surface area contributed by atoms with Crippen LogP contribution in [0.1, 0.15) is 0 Å². The Bertz CT molecular complexity index is 702. The van der Waals surface area contributed by atoms with Gasteiger partial charge in [-0.15, -0.1) is 0 Å². The first kappa shape index (κ1) is 34.5. The third-order valence-corrected chi connectivity index (χ3v) is 4.62. The molecule has 0 atom stereocenters. The average Bonchev–Trinajstić information content (AvgIpc) is 3.23. The molecular weight excluding hydrogens is 524 g/mol. The molecule has 39 heavy (non-hydrogen) atoms. The molecule has 15 nitrogen and oxygen atoms in total. The summed E-state index contributed by atoms with van der Waals surface area (Å²) in [4.78, 5) is 45.4. The van der Waals surface area contributed by atoms with Gasteiger partial charge in [-0.05, 0) is 0 Å². The van der Waals surface area contributed by atoms with Crippen molar-refractivity contribution in [1.82, 2.24) is 10.2 Å². The van der Waals surface area contributed by atoms with Crippen molar-refractivity contribution < 1.29 is 62.2 Å². The average molecular weight is 565 g/mol. The molecule has 0 bridgehead atoms. The Balaban J connectivity index is 1.68. The van der Waals surface area contributed by atoms with Gasteiger partial charge in [-0.25, -0.2) is 4.79 Å². The zero-order valence-electron chi connectivity index (χ0n) is 22.2. The summed E-state index contributed by atoms with van der Waals surface area (Å²) in [7, 11) is 0. The summed E-state index contributed by atoms with van der Waals surface area (Å²) in [5.74, 6) is -2.17. The molecule has 3 amide bonds. The van der Waals surface area contributed by atoms with Crippen LogP contribution in [0.4, 0.5) is 0 Å². The van der Waals surface area contributed by atoms with E-state index in [1.165, 1.54) is 12.2 Å². The number of carboxylic acids is 1. The van der Waals surface area contributed by atoms with E-state index in [2.05, 4.69) is 10.1 Å². The molecule has 1 aliphatic rings. The SMILES string of the molecule is O=C(O)COCC(=O)NCCOCCOCCOCCOCCOCCOCCOCCN1C(=O)C=CC1=O. The maximum atomic E-state index is 11.4. The lowest BCUT2D eigenvalue weighted by atomic mass is 10.5. The van der Waals surface area contributed by atoms with Crippen LogP contribution in [0.5, 0.6) is 0 Å². The molecule has 0 fully saturated rings. The zero-order chi connectivity index (χ0) is 28.4. The molecule has 224 valence electrons. The number of carbonyl (C=O) groups is 4. The number of hydrogen-bond acceptors (Lipinski definition) is 12. The van der Waals surface area contributed by atoms with Crippen LogP contribution in [0.25, 0.3) is 0 Å². The van der Waals surface area contributed by atoms with E-state index < -0.39 is 18.5 Å². The summed E-state index contributed by atoms with van der Waals surface area (Å²) in [6, 6.07) is 0. The van der Waals surface area contributed by atoms with Crippen LogP contribution < -0.4 is 5.32 Å². The van der Waals surface area contributed by atoms with Crippen molar-refractivity contribution in [2.45, 2.75) is 0 Å². The predicted molar refractivity (Wildman–Crippen MR) is 133 cm³/mol. The van der Waals surface area contributed by atoms with Crippen molar-refractivity contribution in [3.8, 4) is 0 Å². The minimum Gasteiger partial charge on any atom is -0.480 e. The third-order valence-electron chi connectivity index (χ3n) is 4.62. The van der Waals surface area contributed by atoms with Gasteiger partial charge in [-0.1, -0.05) is 0 Å². The summed E-state index contributed by atoms with van der Waals surface area (Å²) < 4.78 is 42.2. The van der Waals surface area contributed by atoms with E-state index in [-0.39, 0.29) is 31.6 Å². The monoisotopic (exact) mass is 564 g/mol. The van der Waals surface area contributed by atoms with E-state index in [1.807, 2.05) is 0 Å². The lowest BCUT2D eigenvalue weighted by molar-refractivity contribution is -0.144. The zero-order valence-corrected chi connectivity index (χ0v) is 22.2. The Morgan fingerprint density at radius 3 is 1.38 bits per heavy atom. The van der Waals surface area contributed by atoms with Gasteiger partial charge < -0.3 is 48.3 Å². The fourth-order valence-electron chi connectivity index (χ4n) is 2.77. The van der Waals surface area contributed by atoms with Crippen LogP contribution >= 0.6 is 0 Å². The van der Waals surface area contributed by atoms with Crippen molar-refractivity contribution in [3.05, 3.63) is 12.2 Å². The van der Waals surface area contributed by atoms with Crippen molar-refractivity contribution in [1.29, 1.82) is 0 Å². The molecule has 0 spiro atoms. The lowest BCUT2D eigenvalue weighted by Gasteiger charge is -2.13. The van der Waals surface area contributed by atoms with Crippen molar-refractivity contribution >= 4 is 23.7 Å². The molecule has 2 N–H and O–H groups in total. The Morgan fingerprint density at radius 1 is 0.590 bits per heavy atom. The highest BCUT2D eigenvalue weighted by atomic mass is 16.6. The molecular formula is C24H40N2O13. The van der Waals surface area contributed by atoms with E-state index in [4.69, 9.17) is 38.3 Å². The van der Waals surface area contributed by atoms with E-state index in [0.717, 1.165) is 4.90 Å². The second-order valence-corrected chi connectivity index (χ2v) is 7.68. The van der Waals surface area contributed by atoms with Crippen LogP contribution in [0.2, 0.25) is 0 Å². The number of amides is 3. The number of nitrogens with zero attached hydrogens (tertiary/aromatic N) is 1. The van der Waals surface area contributed by atoms with Gasteiger partial charge in [-0.2, -0.15) is 0 Å². The quantitative estimate of drug-likeness (QED) is 0.0808.